The van der Waals surface area contributed by atoms with Crippen molar-refractivity contribution in [3.8, 4) is 11.5 Å². The first-order valence-corrected chi connectivity index (χ1v) is 11.3. The van der Waals surface area contributed by atoms with E-state index in [0.29, 0.717) is 12.2 Å². The molecule has 0 aromatic heterocycles. The molecule has 0 amide bonds. The molecule has 0 N–H and O–H groups in total. The van der Waals surface area contributed by atoms with Crippen LogP contribution in [-0.4, -0.2) is 24.8 Å². The highest BCUT2D eigenvalue weighted by Crippen LogP contribution is 2.31. The second-order valence-electron chi connectivity index (χ2n) is 8.55. The summed E-state index contributed by atoms with van der Waals surface area (Å²) in [7, 11) is 0. The molecule has 0 spiro atoms. The number of aryl methyl sites for hydroxylation is 2. The van der Waals surface area contributed by atoms with E-state index in [-0.39, 0.29) is 12.6 Å². The standard InChI is InChI=1S/C24H38O4/c1-17-15-24(28-20(4)26-22-13-9-6-10-14-22)18(2)16-23(17)27-19(3)25-21-11-7-5-8-12-21/h15-16,19-22H,5-14H2,1-4H3. The summed E-state index contributed by atoms with van der Waals surface area (Å²) in [6.45, 7) is 8.10. The molecule has 0 bridgehead atoms. The summed E-state index contributed by atoms with van der Waals surface area (Å²) >= 11 is 0. The molecule has 0 radical (unpaired) electrons. The summed E-state index contributed by atoms with van der Waals surface area (Å²) in [4.78, 5) is 0. The van der Waals surface area contributed by atoms with E-state index >= 15 is 0 Å². The highest BCUT2D eigenvalue weighted by molar-refractivity contribution is 5.45. The largest absolute Gasteiger partial charge is 0.465 e. The van der Waals surface area contributed by atoms with Gasteiger partial charge in [-0.25, -0.2) is 0 Å². The van der Waals surface area contributed by atoms with Crippen molar-refractivity contribution in [1.82, 2.24) is 0 Å². The maximum atomic E-state index is 6.10. The number of ether oxygens (including phenoxy) is 4. The summed E-state index contributed by atoms with van der Waals surface area (Å²) in [5.41, 5.74) is 2.12. The molecule has 2 atom stereocenters. The average Bonchev–Trinajstić information content (AvgIpc) is 2.67. The Morgan fingerprint density at radius 2 is 1.00 bits per heavy atom. The molecule has 2 unspecified atom stereocenters. The lowest BCUT2D eigenvalue weighted by molar-refractivity contribution is -0.118. The van der Waals surface area contributed by atoms with Crippen LogP contribution in [0.3, 0.4) is 0 Å². The van der Waals surface area contributed by atoms with Crippen molar-refractivity contribution in [3.63, 3.8) is 0 Å². The first-order valence-electron chi connectivity index (χ1n) is 11.3. The SMILES string of the molecule is Cc1cc(OC(C)OC2CCCCC2)c(C)cc1OC(C)OC1CCCCC1. The fraction of sp³-hybridized carbons (Fsp3) is 0.750. The van der Waals surface area contributed by atoms with Gasteiger partial charge in [0.2, 0.25) is 0 Å². The van der Waals surface area contributed by atoms with Crippen molar-refractivity contribution in [2.24, 2.45) is 0 Å². The van der Waals surface area contributed by atoms with E-state index in [2.05, 4.69) is 26.0 Å². The van der Waals surface area contributed by atoms with E-state index in [1.807, 2.05) is 13.8 Å². The molecule has 1 aromatic carbocycles. The van der Waals surface area contributed by atoms with Crippen molar-refractivity contribution in [3.05, 3.63) is 23.3 Å². The number of hydrogen-bond acceptors (Lipinski definition) is 4. The van der Waals surface area contributed by atoms with E-state index < -0.39 is 0 Å². The fourth-order valence-electron chi connectivity index (χ4n) is 4.37. The number of benzene rings is 1. The molecule has 2 fully saturated rings. The Bertz CT molecular complexity index is 549. The molecule has 1 aromatic rings. The van der Waals surface area contributed by atoms with Crippen molar-refractivity contribution in [2.75, 3.05) is 0 Å². The van der Waals surface area contributed by atoms with Crippen LogP contribution in [-0.2, 0) is 9.47 Å². The van der Waals surface area contributed by atoms with Gasteiger partial charge < -0.3 is 18.9 Å². The number of hydrogen-bond donors (Lipinski definition) is 0. The highest BCUT2D eigenvalue weighted by Gasteiger charge is 2.20. The van der Waals surface area contributed by atoms with Crippen LogP contribution in [0.5, 0.6) is 11.5 Å². The van der Waals surface area contributed by atoms with Crippen molar-refractivity contribution in [2.45, 2.75) is 117 Å². The predicted molar refractivity (Wildman–Crippen MR) is 112 cm³/mol. The molecule has 2 saturated carbocycles. The molecule has 2 aliphatic carbocycles. The van der Waals surface area contributed by atoms with Crippen molar-refractivity contribution in [1.29, 1.82) is 0 Å². The maximum absolute atomic E-state index is 6.10. The lowest BCUT2D eigenvalue weighted by Crippen LogP contribution is -2.27. The molecule has 4 nitrogen and oxygen atoms in total. The van der Waals surface area contributed by atoms with Gasteiger partial charge in [-0.2, -0.15) is 0 Å². The molecule has 2 aliphatic rings. The maximum Gasteiger partial charge on any atom is 0.197 e. The Hall–Kier alpha value is -1.26. The Balaban J connectivity index is 1.53. The lowest BCUT2D eigenvalue weighted by Gasteiger charge is -2.27. The molecule has 4 heteroatoms. The third-order valence-electron chi connectivity index (χ3n) is 5.93. The van der Waals surface area contributed by atoms with Gasteiger partial charge in [0.25, 0.3) is 0 Å². The van der Waals surface area contributed by atoms with E-state index in [1.54, 1.807) is 0 Å². The summed E-state index contributed by atoms with van der Waals surface area (Å²) in [5, 5.41) is 0. The second-order valence-corrected chi connectivity index (χ2v) is 8.55. The average molecular weight is 391 g/mol. The molecule has 28 heavy (non-hydrogen) atoms. The third-order valence-corrected chi connectivity index (χ3v) is 5.93. The monoisotopic (exact) mass is 390 g/mol. The third kappa shape index (κ3) is 6.38. The molecule has 0 aliphatic heterocycles. The number of rotatable bonds is 8. The predicted octanol–water partition coefficient (Wildman–Crippen LogP) is 6.45. The van der Waals surface area contributed by atoms with E-state index in [9.17, 15) is 0 Å². The minimum Gasteiger partial charge on any atom is -0.465 e. The minimum absolute atomic E-state index is 0.235. The van der Waals surface area contributed by atoms with Crippen LogP contribution in [0.1, 0.15) is 89.2 Å². The zero-order chi connectivity index (χ0) is 19.9. The van der Waals surface area contributed by atoms with Crippen LogP contribution in [0.15, 0.2) is 12.1 Å². The topological polar surface area (TPSA) is 36.9 Å². The summed E-state index contributed by atoms with van der Waals surface area (Å²) in [6.07, 6.45) is 12.5. The van der Waals surface area contributed by atoms with Gasteiger partial charge >= 0.3 is 0 Å². The first-order chi connectivity index (χ1) is 13.5. The summed E-state index contributed by atoms with van der Waals surface area (Å²) in [5.74, 6) is 1.74. The normalized spacial score (nSPS) is 21.3. The van der Waals surface area contributed by atoms with Gasteiger partial charge in [-0.1, -0.05) is 38.5 Å². The minimum atomic E-state index is -0.235. The molecule has 158 valence electrons. The van der Waals surface area contributed by atoms with E-state index in [4.69, 9.17) is 18.9 Å². The molecule has 3 rings (SSSR count). The van der Waals surface area contributed by atoms with Gasteiger partial charge in [0, 0.05) is 0 Å². The van der Waals surface area contributed by atoms with Gasteiger partial charge in [0.05, 0.1) is 12.2 Å². The summed E-state index contributed by atoms with van der Waals surface area (Å²) in [6, 6.07) is 4.11. The van der Waals surface area contributed by atoms with Gasteiger partial charge in [0.15, 0.2) is 12.6 Å². The van der Waals surface area contributed by atoms with E-state index in [1.165, 1.54) is 38.5 Å². The summed E-state index contributed by atoms with van der Waals surface area (Å²) < 4.78 is 24.4. The van der Waals surface area contributed by atoms with Crippen LogP contribution in [0.4, 0.5) is 0 Å². The van der Waals surface area contributed by atoms with Crippen LogP contribution < -0.4 is 9.47 Å². The lowest BCUT2D eigenvalue weighted by atomic mass is 9.98. The Labute approximate surface area is 170 Å². The quantitative estimate of drug-likeness (QED) is 0.478. The Morgan fingerprint density at radius 3 is 1.36 bits per heavy atom. The first kappa shape index (κ1) is 21.4. The van der Waals surface area contributed by atoms with Gasteiger partial charge in [-0.3, -0.25) is 0 Å². The van der Waals surface area contributed by atoms with Crippen LogP contribution in [0.25, 0.3) is 0 Å². The molecule has 0 heterocycles. The molecular weight excluding hydrogens is 352 g/mol. The zero-order valence-corrected chi connectivity index (χ0v) is 18.2. The van der Waals surface area contributed by atoms with Crippen LogP contribution >= 0.6 is 0 Å². The van der Waals surface area contributed by atoms with E-state index in [0.717, 1.165) is 48.3 Å². The fourth-order valence-corrected chi connectivity index (χ4v) is 4.37. The van der Waals surface area contributed by atoms with Crippen molar-refractivity contribution >= 4 is 0 Å². The van der Waals surface area contributed by atoms with Gasteiger partial charge in [-0.15, -0.1) is 0 Å². The zero-order valence-electron chi connectivity index (χ0n) is 18.2. The second kappa shape index (κ2) is 10.5. The molecule has 0 saturated heterocycles. The highest BCUT2D eigenvalue weighted by atomic mass is 16.7. The van der Waals surface area contributed by atoms with Crippen LogP contribution in [0, 0.1) is 13.8 Å². The van der Waals surface area contributed by atoms with Gasteiger partial charge in [0.1, 0.15) is 11.5 Å². The molecular formula is C24H38O4. The van der Waals surface area contributed by atoms with Crippen molar-refractivity contribution < 1.29 is 18.9 Å². The Kier molecular flexibility index (Phi) is 8.04. The van der Waals surface area contributed by atoms with Crippen LogP contribution in [0.2, 0.25) is 0 Å². The Morgan fingerprint density at radius 1 is 0.643 bits per heavy atom. The van der Waals surface area contributed by atoms with Gasteiger partial charge in [-0.05, 0) is 76.6 Å². The smallest absolute Gasteiger partial charge is 0.197 e.